The van der Waals surface area contributed by atoms with Crippen molar-refractivity contribution >= 4 is 17.9 Å². The summed E-state index contributed by atoms with van der Waals surface area (Å²) in [5.41, 5.74) is 0. The van der Waals surface area contributed by atoms with Gasteiger partial charge in [-0.05, 0) is 103 Å². The fourth-order valence-electron chi connectivity index (χ4n) is 7.93. The average Bonchev–Trinajstić information content (AvgIpc) is 3.37. The number of ether oxygens (including phenoxy) is 3. The van der Waals surface area contributed by atoms with Crippen molar-refractivity contribution in [2.75, 3.05) is 13.2 Å². The van der Waals surface area contributed by atoms with Crippen LogP contribution in [0.4, 0.5) is 0 Å². The molecule has 0 saturated heterocycles. The Morgan fingerprint density at radius 3 is 0.873 bits per heavy atom. The Bertz CT molecular complexity index is 1460. The molecule has 0 N–H and O–H groups in total. The van der Waals surface area contributed by atoms with Crippen LogP contribution in [-0.4, -0.2) is 37.2 Å². The van der Waals surface area contributed by atoms with Crippen LogP contribution in [0.1, 0.15) is 265 Å². The van der Waals surface area contributed by atoms with Crippen LogP contribution in [0.25, 0.3) is 0 Å². The fourth-order valence-corrected chi connectivity index (χ4v) is 7.93. The second-order valence-electron chi connectivity index (χ2n) is 19.1. The topological polar surface area (TPSA) is 78.9 Å². The largest absolute Gasteiger partial charge is 0.462 e. The fraction of sp³-hybridized carbons (Fsp3) is 0.677. The van der Waals surface area contributed by atoms with Crippen molar-refractivity contribution < 1.29 is 28.6 Å². The highest BCUT2D eigenvalue weighted by Crippen LogP contribution is 2.15. The molecule has 0 rings (SSSR count). The Hall–Kier alpha value is -3.93. The van der Waals surface area contributed by atoms with Gasteiger partial charge in [-0.25, -0.2) is 0 Å². The minimum atomic E-state index is -0.800. The summed E-state index contributed by atoms with van der Waals surface area (Å²) in [5.74, 6) is -0.931. The van der Waals surface area contributed by atoms with E-state index in [1.807, 2.05) is 0 Å². The van der Waals surface area contributed by atoms with Crippen LogP contribution in [0.3, 0.4) is 0 Å². The zero-order chi connectivity index (χ0) is 51.4. The van der Waals surface area contributed by atoms with Crippen molar-refractivity contribution in [3.63, 3.8) is 0 Å². The van der Waals surface area contributed by atoms with Crippen molar-refractivity contribution in [3.05, 3.63) is 109 Å². The van der Waals surface area contributed by atoms with Gasteiger partial charge < -0.3 is 14.2 Å². The molecule has 0 aromatic rings. The second kappa shape index (κ2) is 58.6. The molecule has 1 atom stereocenters. The quantitative estimate of drug-likeness (QED) is 0.0261. The molecule has 0 aliphatic heterocycles. The molecule has 0 aromatic carbocycles. The first-order valence-electron chi connectivity index (χ1n) is 29.4. The van der Waals surface area contributed by atoms with Crippen molar-refractivity contribution in [3.8, 4) is 0 Å². The molecule has 0 radical (unpaired) electrons. The molecule has 0 spiro atoms. The number of unbranched alkanes of at least 4 members (excludes halogenated alkanes) is 23. The smallest absolute Gasteiger partial charge is 0.306 e. The predicted molar refractivity (Wildman–Crippen MR) is 307 cm³/mol. The molecule has 71 heavy (non-hydrogen) atoms. The molecular formula is C65H108O6. The van der Waals surface area contributed by atoms with Crippen LogP contribution in [0.5, 0.6) is 0 Å². The van der Waals surface area contributed by atoms with E-state index in [9.17, 15) is 14.4 Å². The maximum atomic E-state index is 12.9. The van der Waals surface area contributed by atoms with E-state index in [-0.39, 0.29) is 37.5 Å². The molecule has 0 saturated carbocycles. The number of allylic oxidation sites excluding steroid dienone is 18. The molecule has 0 fully saturated rings. The molecule has 0 amide bonds. The van der Waals surface area contributed by atoms with Crippen molar-refractivity contribution in [1.29, 1.82) is 0 Å². The van der Waals surface area contributed by atoms with Gasteiger partial charge in [-0.15, -0.1) is 0 Å². The summed E-state index contributed by atoms with van der Waals surface area (Å²) >= 11 is 0. The highest BCUT2D eigenvalue weighted by atomic mass is 16.6. The van der Waals surface area contributed by atoms with Crippen molar-refractivity contribution in [2.24, 2.45) is 0 Å². The lowest BCUT2D eigenvalue weighted by atomic mass is 10.0. The monoisotopic (exact) mass is 985 g/mol. The Balaban J connectivity index is 4.44. The third-order valence-corrected chi connectivity index (χ3v) is 12.3. The number of hydrogen-bond acceptors (Lipinski definition) is 6. The molecule has 0 aromatic heterocycles. The van der Waals surface area contributed by atoms with E-state index in [2.05, 4.69) is 130 Å². The Kier molecular flexibility index (Phi) is 55.4. The number of hydrogen-bond donors (Lipinski definition) is 0. The molecule has 0 bridgehead atoms. The van der Waals surface area contributed by atoms with E-state index in [1.165, 1.54) is 96.3 Å². The van der Waals surface area contributed by atoms with E-state index >= 15 is 0 Å². The molecule has 6 heteroatoms. The molecule has 0 aliphatic rings. The standard InChI is InChI=1S/C65H108O6/c1-4-7-10-13-16-19-22-25-27-29-31-32-34-35-37-40-43-46-49-52-55-58-64(67)70-61-62(60-69-63(66)57-54-51-48-45-42-39-24-21-18-15-12-9-6-3)71-65(68)59-56-53-50-47-44-41-38-36-33-30-28-26-23-20-17-14-11-8-5-2/h7-8,10-11,16-17,19-20,25-28,31-33,36,41,44,62H,4-6,9,12-15,18,21-24,29-30,34-35,37-40,42-43,45-61H2,1-3H3/b10-7-,11-8-,19-16-,20-17-,27-25-,28-26-,32-31-,36-33-,44-41-. The van der Waals surface area contributed by atoms with Crippen LogP contribution >= 0.6 is 0 Å². The maximum Gasteiger partial charge on any atom is 0.306 e. The molecule has 404 valence electrons. The molecule has 0 aliphatic carbocycles. The van der Waals surface area contributed by atoms with E-state index < -0.39 is 6.10 Å². The van der Waals surface area contributed by atoms with Gasteiger partial charge in [0.25, 0.3) is 0 Å². The summed E-state index contributed by atoms with van der Waals surface area (Å²) < 4.78 is 16.9. The van der Waals surface area contributed by atoms with Gasteiger partial charge in [0.05, 0.1) is 0 Å². The first kappa shape index (κ1) is 67.1. The zero-order valence-corrected chi connectivity index (χ0v) is 46.2. The van der Waals surface area contributed by atoms with Crippen LogP contribution in [0.2, 0.25) is 0 Å². The SMILES string of the molecule is CC/C=C\C/C=C\C/C=C\C/C=C\C/C=C\CCCCCC(=O)OC(COC(=O)CCCCCCCCCC/C=C\C/C=C\C/C=C\C/C=C\CC)COC(=O)CCCCCCCCCCCCCCC. The average molecular weight is 986 g/mol. The minimum absolute atomic E-state index is 0.0934. The number of carbonyl (C=O) groups excluding carboxylic acids is 3. The summed E-state index contributed by atoms with van der Waals surface area (Å²) in [5, 5.41) is 0. The van der Waals surface area contributed by atoms with Gasteiger partial charge in [0, 0.05) is 19.3 Å². The zero-order valence-electron chi connectivity index (χ0n) is 46.2. The Morgan fingerprint density at radius 1 is 0.296 bits per heavy atom. The first-order chi connectivity index (χ1) is 35.0. The highest BCUT2D eigenvalue weighted by Gasteiger charge is 2.19. The van der Waals surface area contributed by atoms with Gasteiger partial charge in [0.1, 0.15) is 13.2 Å². The minimum Gasteiger partial charge on any atom is -0.462 e. The van der Waals surface area contributed by atoms with Crippen LogP contribution in [-0.2, 0) is 28.6 Å². The van der Waals surface area contributed by atoms with Crippen LogP contribution in [0, 0.1) is 0 Å². The first-order valence-corrected chi connectivity index (χ1v) is 29.4. The van der Waals surface area contributed by atoms with Gasteiger partial charge in [0.15, 0.2) is 6.10 Å². The summed E-state index contributed by atoms with van der Waals surface area (Å²) in [7, 11) is 0. The lowest BCUT2D eigenvalue weighted by Crippen LogP contribution is -2.30. The van der Waals surface area contributed by atoms with Gasteiger partial charge in [-0.3, -0.25) is 14.4 Å². The highest BCUT2D eigenvalue weighted by molar-refractivity contribution is 5.71. The van der Waals surface area contributed by atoms with Gasteiger partial charge in [-0.1, -0.05) is 252 Å². The van der Waals surface area contributed by atoms with Crippen LogP contribution in [0.15, 0.2) is 109 Å². The Morgan fingerprint density at radius 2 is 0.549 bits per heavy atom. The lowest BCUT2D eigenvalue weighted by Gasteiger charge is -2.18. The van der Waals surface area contributed by atoms with Crippen LogP contribution < -0.4 is 0 Å². The van der Waals surface area contributed by atoms with Crippen molar-refractivity contribution in [2.45, 2.75) is 271 Å². The van der Waals surface area contributed by atoms with E-state index in [0.29, 0.717) is 12.8 Å². The normalized spacial score (nSPS) is 12.9. The lowest BCUT2D eigenvalue weighted by molar-refractivity contribution is -0.167. The number of esters is 3. The molecule has 0 heterocycles. The summed E-state index contributed by atoms with van der Waals surface area (Å²) in [4.78, 5) is 38.2. The summed E-state index contributed by atoms with van der Waals surface area (Å²) in [6.45, 7) is 6.39. The van der Waals surface area contributed by atoms with Gasteiger partial charge in [-0.2, -0.15) is 0 Å². The third-order valence-electron chi connectivity index (χ3n) is 12.3. The number of carbonyl (C=O) groups is 3. The summed E-state index contributed by atoms with van der Waals surface area (Å²) in [6, 6.07) is 0. The molecule has 6 nitrogen and oxygen atoms in total. The van der Waals surface area contributed by atoms with E-state index in [4.69, 9.17) is 14.2 Å². The summed E-state index contributed by atoms with van der Waals surface area (Å²) in [6.07, 6.45) is 79.3. The predicted octanol–water partition coefficient (Wildman–Crippen LogP) is 19.9. The van der Waals surface area contributed by atoms with Gasteiger partial charge >= 0.3 is 17.9 Å². The van der Waals surface area contributed by atoms with E-state index in [1.54, 1.807) is 0 Å². The number of rotatable bonds is 52. The second-order valence-corrected chi connectivity index (χ2v) is 19.1. The molecular weight excluding hydrogens is 877 g/mol. The maximum absolute atomic E-state index is 12.9. The van der Waals surface area contributed by atoms with Gasteiger partial charge in [0.2, 0.25) is 0 Å². The Labute approximate surface area is 438 Å². The van der Waals surface area contributed by atoms with Crippen molar-refractivity contribution in [1.82, 2.24) is 0 Å². The molecule has 1 unspecified atom stereocenters. The van der Waals surface area contributed by atoms with E-state index in [0.717, 1.165) is 128 Å². The third kappa shape index (κ3) is 56.9.